The number of ether oxygens (including phenoxy) is 2. The summed E-state index contributed by atoms with van der Waals surface area (Å²) in [6.07, 6.45) is 1.40. The van der Waals surface area contributed by atoms with Gasteiger partial charge in [0.25, 0.3) is 5.91 Å². The van der Waals surface area contributed by atoms with Crippen LogP contribution in [0.1, 0.15) is 28.3 Å². The minimum Gasteiger partial charge on any atom is -0.497 e. The molecule has 0 fully saturated rings. The number of sulfone groups is 1. The third-order valence-electron chi connectivity index (χ3n) is 4.50. The number of carbonyl (C=O) groups is 1. The number of hydrogen-bond acceptors (Lipinski definition) is 6. The zero-order valence-corrected chi connectivity index (χ0v) is 17.5. The Labute approximate surface area is 175 Å². The van der Waals surface area contributed by atoms with E-state index < -0.39 is 15.1 Å². The second kappa shape index (κ2) is 9.49. The lowest BCUT2D eigenvalue weighted by Gasteiger charge is -2.17. The highest BCUT2D eigenvalue weighted by molar-refractivity contribution is 7.91. The van der Waals surface area contributed by atoms with Gasteiger partial charge in [0, 0.05) is 12.1 Å². The van der Waals surface area contributed by atoms with Crippen molar-refractivity contribution in [3.8, 4) is 11.5 Å². The first-order valence-corrected chi connectivity index (χ1v) is 10.9. The van der Waals surface area contributed by atoms with Crippen molar-refractivity contribution in [2.24, 2.45) is 0 Å². The first-order chi connectivity index (χ1) is 14.5. The van der Waals surface area contributed by atoms with Crippen molar-refractivity contribution >= 4 is 15.7 Å². The van der Waals surface area contributed by atoms with Gasteiger partial charge in [-0.3, -0.25) is 4.79 Å². The summed E-state index contributed by atoms with van der Waals surface area (Å²) in [5.74, 6) is 1.06. The van der Waals surface area contributed by atoms with Gasteiger partial charge >= 0.3 is 0 Å². The van der Waals surface area contributed by atoms with E-state index in [1.54, 1.807) is 48.5 Å². The number of carbonyl (C=O) groups excluding carboxylic acids is 1. The van der Waals surface area contributed by atoms with Crippen LogP contribution in [0.2, 0.25) is 0 Å². The van der Waals surface area contributed by atoms with Crippen LogP contribution in [-0.2, 0) is 9.84 Å². The van der Waals surface area contributed by atoms with E-state index in [1.165, 1.54) is 25.5 Å². The number of furan rings is 1. The molecule has 1 atom stereocenters. The topological polar surface area (TPSA) is 94.8 Å². The number of amides is 1. The third-order valence-corrected chi connectivity index (χ3v) is 6.58. The third kappa shape index (κ3) is 4.83. The van der Waals surface area contributed by atoms with Crippen molar-refractivity contribution in [3.05, 3.63) is 78.3 Å². The van der Waals surface area contributed by atoms with Crippen molar-refractivity contribution in [2.75, 3.05) is 20.3 Å². The van der Waals surface area contributed by atoms with Crippen LogP contribution in [-0.4, -0.2) is 34.6 Å². The van der Waals surface area contributed by atoms with Crippen molar-refractivity contribution in [3.63, 3.8) is 0 Å². The zero-order valence-electron chi connectivity index (χ0n) is 16.7. The van der Waals surface area contributed by atoms with Crippen LogP contribution in [0.4, 0.5) is 0 Å². The number of nitrogens with one attached hydrogen (secondary N) is 1. The molecule has 0 bridgehead atoms. The first kappa shape index (κ1) is 21.4. The second-order valence-corrected chi connectivity index (χ2v) is 8.52. The van der Waals surface area contributed by atoms with Gasteiger partial charge in [0.15, 0.2) is 9.84 Å². The maximum Gasteiger partial charge on any atom is 0.251 e. The minimum absolute atomic E-state index is 0.111. The Morgan fingerprint density at radius 3 is 2.27 bits per heavy atom. The number of hydrogen-bond donors (Lipinski definition) is 1. The monoisotopic (exact) mass is 429 g/mol. The van der Waals surface area contributed by atoms with Crippen LogP contribution in [0.15, 0.2) is 76.2 Å². The lowest BCUT2D eigenvalue weighted by molar-refractivity contribution is 0.0953. The molecule has 3 aromatic rings. The predicted molar refractivity (Wildman–Crippen MR) is 112 cm³/mol. The van der Waals surface area contributed by atoms with Gasteiger partial charge in [-0.1, -0.05) is 0 Å². The maximum atomic E-state index is 13.2. The molecule has 0 aliphatic carbocycles. The van der Waals surface area contributed by atoms with Crippen molar-refractivity contribution < 1.29 is 27.1 Å². The van der Waals surface area contributed by atoms with Crippen LogP contribution in [0.5, 0.6) is 11.5 Å². The predicted octanol–water partition coefficient (Wildman–Crippen LogP) is 3.63. The maximum absolute atomic E-state index is 13.2. The molecule has 0 spiro atoms. The van der Waals surface area contributed by atoms with Crippen LogP contribution >= 0.6 is 0 Å². The Bertz CT molecular complexity index is 1060. The Kier molecular flexibility index (Phi) is 6.79. The fraction of sp³-hybridized carbons (Fsp3) is 0.227. The lowest BCUT2D eigenvalue weighted by Crippen LogP contribution is -2.31. The van der Waals surface area contributed by atoms with E-state index in [-0.39, 0.29) is 23.1 Å². The van der Waals surface area contributed by atoms with Gasteiger partial charge in [-0.25, -0.2) is 8.42 Å². The highest BCUT2D eigenvalue weighted by Crippen LogP contribution is 2.30. The molecule has 8 heteroatoms. The van der Waals surface area contributed by atoms with E-state index in [1.807, 2.05) is 6.92 Å². The Balaban J connectivity index is 1.80. The summed E-state index contributed by atoms with van der Waals surface area (Å²) in [7, 11) is -2.32. The van der Waals surface area contributed by atoms with E-state index in [9.17, 15) is 13.2 Å². The van der Waals surface area contributed by atoms with Gasteiger partial charge in [0.1, 0.15) is 22.5 Å². The van der Waals surface area contributed by atoms with E-state index in [4.69, 9.17) is 13.9 Å². The van der Waals surface area contributed by atoms with Gasteiger partial charge < -0.3 is 19.2 Å². The number of benzene rings is 2. The molecule has 0 radical (unpaired) electrons. The van der Waals surface area contributed by atoms with E-state index in [0.29, 0.717) is 23.7 Å². The fourth-order valence-electron chi connectivity index (χ4n) is 2.92. The van der Waals surface area contributed by atoms with Gasteiger partial charge in [-0.15, -0.1) is 0 Å². The SMILES string of the molecule is CCOc1ccc(C(=O)NCC(c2ccco2)S(=O)(=O)c2ccc(OC)cc2)cc1. The highest BCUT2D eigenvalue weighted by Gasteiger charge is 2.32. The number of methoxy groups -OCH3 is 1. The van der Waals surface area contributed by atoms with Crippen molar-refractivity contribution in [1.82, 2.24) is 5.32 Å². The van der Waals surface area contributed by atoms with Gasteiger partial charge in [-0.2, -0.15) is 0 Å². The Morgan fingerprint density at radius 2 is 1.70 bits per heavy atom. The average molecular weight is 429 g/mol. The van der Waals surface area contributed by atoms with E-state index in [0.717, 1.165) is 0 Å². The lowest BCUT2D eigenvalue weighted by atomic mass is 10.2. The second-order valence-electron chi connectivity index (χ2n) is 6.39. The fourth-order valence-corrected chi connectivity index (χ4v) is 4.51. The summed E-state index contributed by atoms with van der Waals surface area (Å²) < 4.78 is 42.3. The molecule has 1 N–H and O–H groups in total. The molecule has 1 unspecified atom stereocenters. The molecule has 0 aliphatic rings. The molecule has 2 aromatic carbocycles. The molecule has 1 amide bonds. The zero-order chi connectivity index (χ0) is 21.6. The molecule has 1 heterocycles. The molecule has 0 saturated carbocycles. The average Bonchev–Trinajstić information content (AvgIpc) is 3.29. The number of rotatable bonds is 9. The Morgan fingerprint density at radius 1 is 1.03 bits per heavy atom. The van der Waals surface area contributed by atoms with Crippen LogP contribution in [0, 0.1) is 0 Å². The summed E-state index contributed by atoms with van der Waals surface area (Å²) in [6.45, 7) is 2.26. The summed E-state index contributed by atoms with van der Waals surface area (Å²) in [5, 5.41) is 1.62. The standard InChI is InChI=1S/C22H23NO6S/c1-3-28-18-8-6-16(7-9-18)22(24)23-15-21(20-5-4-14-29-20)30(25,26)19-12-10-17(27-2)11-13-19/h4-14,21H,3,15H2,1-2H3,(H,23,24). The largest absolute Gasteiger partial charge is 0.497 e. The van der Waals surface area contributed by atoms with Crippen molar-refractivity contribution in [2.45, 2.75) is 17.1 Å². The molecular formula is C22H23NO6S. The van der Waals surface area contributed by atoms with Gasteiger partial charge in [0.2, 0.25) is 0 Å². The molecular weight excluding hydrogens is 406 g/mol. The highest BCUT2D eigenvalue weighted by atomic mass is 32.2. The summed E-state index contributed by atoms with van der Waals surface area (Å²) >= 11 is 0. The molecule has 3 rings (SSSR count). The quantitative estimate of drug-likeness (QED) is 0.558. The summed E-state index contributed by atoms with van der Waals surface area (Å²) in [4.78, 5) is 12.7. The van der Waals surface area contributed by atoms with Crippen LogP contribution in [0.25, 0.3) is 0 Å². The molecule has 158 valence electrons. The van der Waals surface area contributed by atoms with Gasteiger partial charge in [0.05, 0.1) is 24.9 Å². The summed E-state index contributed by atoms with van der Waals surface area (Å²) in [6, 6.07) is 15.9. The van der Waals surface area contributed by atoms with E-state index >= 15 is 0 Å². The minimum atomic E-state index is -3.82. The normalized spacial score (nSPS) is 12.2. The van der Waals surface area contributed by atoms with E-state index in [2.05, 4.69) is 5.32 Å². The molecule has 0 aliphatic heterocycles. The van der Waals surface area contributed by atoms with Crippen LogP contribution in [0.3, 0.4) is 0 Å². The molecule has 1 aromatic heterocycles. The first-order valence-electron chi connectivity index (χ1n) is 9.38. The smallest absolute Gasteiger partial charge is 0.251 e. The van der Waals surface area contributed by atoms with Crippen molar-refractivity contribution in [1.29, 1.82) is 0 Å². The molecule has 30 heavy (non-hydrogen) atoms. The van der Waals surface area contributed by atoms with Crippen LogP contribution < -0.4 is 14.8 Å². The molecule has 0 saturated heterocycles. The molecule has 7 nitrogen and oxygen atoms in total. The van der Waals surface area contributed by atoms with Gasteiger partial charge in [-0.05, 0) is 67.6 Å². The Hall–Kier alpha value is -3.26. The summed E-state index contributed by atoms with van der Waals surface area (Å²) in [5.41, 5.74) is 0.401.